The number of nitrogens with one attached hydrogen (secondary N) is 1. The zero-order valence-electron chi connectivity index (χ0n) is 16.4. The lowest BCUT2D eigenvalue weighted by Gasteiger charge is -2.14. The SMILES string of the molecule is CCCNc1nc(Cc2cc(OC)c(OC)c(OC)c2)nc2scc(C)c12. The van der Waals surface area contributed by atoms with Gasteiger partial charge >= 0.3 is 0 Å². The predicted octanol–water partition coefficient (Wildman–Crippen LogP) is 4.44. The second-order valence-electron chi connectivity index (χ2n) is 6.22. The van der Waals surface area contributed by atoms with E-state index in [1.807, 2.05) is 12.1 Å². The summed E-state index contributed by atoms with van der Waals surface area (Å²) in [5, 5.41) is 6.68. The Bertz CT molecular complexity index is 915. The first kappa shape index (κ1) is 19.2. The minimum atomic E-state index is 0.574. The fourth-order valence-electron chi connectivity index (χ4n) is 3.00. The highest BCUT2D eigenvalue weighted by Crippen LogP contribution is 2.39. The Balaban J connectivity index is 2.01. The van der Waals surface area contributed by atoms with Gasteiger partial charge < -0.3 is 19.5 Å². The first-order valence-corrected chi connectivity index (χ1v) is 9.76. The lowest BCUT2D eigenvalue weighted by molar-refractivity contribution is 0.324. The number of rotatable bonds is 8. The number of hydrogen-bond donors (Lipinski definition) is 1. The summed E-state index contributed by atoms with van der Waals surface area (Å²) in [6.45, 7) is 5.12. The summed E-state index contributed by atoms with van der Waals surface area (Å²) < 4.78 is 16.3. The lowest BCUT2D eigenvalue weighted by atomic mass is 10.1. The van der Waals surface area contributed by atoms with E-state index in [1.54, 1.807) is 32.7 Å². The molecule has 144 valence electrons. The van der Waals surface area contributed by atoms with Crippen molar-refractivity contribution in [1.82, 2.24) is 9.97 Å². The van der Waals surface area contributed by atoms with Gasteiger partial charge in [-0.25, -0.2) is 9.97 Å². The molecule has 3 aromatic rings. The minimum Gasteiger partial charge on any atom is -0.493 e. The molecule has 0 saturated heterocycles. The molecule has 27 heavy (non-hydrogen) atoms. The summed E-state index contributed by atoms with van der Waals surface area (Å²) in [4.78, 5) is 10.6. The van der Waals surface area contributed by atoms with Crippen LogP contribution in [0.2, 0.25) is 0 Å². The maximum atomic E-state index is 5.45. The molecule has 0 aliphatic rings. The first-order chi connectivity index (χ1) is 13.1. The average molecular weight is 388 g/mol. The molecule has 0 unspecified atom stereocenters. The van der Waals surface area contributed by atoms with Crippen LogP contribution in [0.15, 0.2) is 17.5 Å². The van der Waals surface area contributed by atoms with E-state index < -0.39 is 0 Å². The van der Waals surface area contributed by atoms with Gasteiger partial charge in [0.05, 0.1) is 26.7 Å². The van der Waals surface area contributed by atoms with E-state index >= 15 is 0 Å². The van der Waals surface area contributed by atoms with Crippen LogP contribution in [0.5, 0.6) is 17.2 Å². The van der Waals surface area contributed by atoms with Crippen molar-refractivity contribution in [3.63, 3.8) is 0 Å². The molecule has 0 bridgehead atoms. The molecule has 0 fully saturated rings. The second kappa shape index (κ2) is 8.43. The molecule has 2 aromatic heterocycles. The smallest absolute Gasteiger partial charge is 0.203 e. The Kier molecular flexibility index (Phi) is 6.01. The number of hydrogen-bond acceptors (Lipinski definition) is 7. The third kappa shape index (κ3) is 3.93. The van der Waals surface area contributed by atoms with Crippen molar-refractivity contribution in [3.05, 3.63) is 34.5 Å². The third-order valence-corrected chi connectivity index (χ3v) is 5.28. The van der Waals surface area contributed by atoms with Crippen LogP contribution in [-0.4, -0.2) is 37.8 Å². The van der Waals surface area contributed by atoms with Crippen molar-refractivity contribution in [2.75, 3.05) is 33.2 Å². The normalized spacial score (nSPS) is 10.9. The summed E-state index contributed by atoms with van der Waals surface area (Å²) in [5.74, 6) is 3.51. The van der Waals surface area contributed by atoms with Crippen molar-refractivity contribution < 1.29 is 14.2 Å². The number of aromatic nitrogens is 2. The Labute approximate surface area is 163 Å². The van der Waals surface area contributed by atoms with Gasteiger partial charge in [0.1, 0.15) is 16.5 Å². The molecule has 0 atom stereocenters. The molecule has 1 aromatic carbocycles. The van der Waals surface area contributed by atoms with Crippen LogP contribution in [0.1, 0.15) is 30.3 Å². The number of anilines is 1. The Hall–Kier alpha value is -2.54. The van der Waals surface area contributed by atoms with Crippen molar-refractivity contribution >= 4 is 27.4 Å². The van der Waals surface area contributed by atoms with Crippen LogP contribution in [0.4, 0.5) is 5.82 Å². The van der Waals surface area contributed by atoms with Crippen molar-refractivity contribution in [3.8, 4) is 17.2 Å². The summed E-state index contributed by atoms with van der Waals surface area (Å²) in [6.07, 6.45) is 1.61. The van der Waals surface area contributed by atoms with Crippen LogP contribution < -0.4 is 19.5 Å². The van der Waals surface area contributed by atoms with Crippen molar-refractivity contribution in [2.45, 2.75) is 26.7 Å². The fraction of sp³-hybridized carbons (Fsp3) is 0.400. The molecular formula is C20H25N3O3S. The van der Waals surface area contributed by atoms with Crippen molar-refractivity contribution in [1.29, 1.82) is 0 Å². The molecule has 0 aliphatic heterocycles. The summed E-state index contributed by atoms with van der Waals surface area (Å²) >= 11 is 1.65. The number of fused-ring (bicyclic) bond motifs is 1. The van der Waals surface area contributed by atoms with Crippen LogP contribution >= 0.6 is 11.3 Å². The van der Waals surface area contributed by atoms with Gasteiger partial charge in [0.15, 0.2) is 11.5 Å². The number of nitrogens with zero attached hydrogens (tertiary/aromatic N) is 2. The van der Waals surface area contributed by atoms with Gasteiger partial charge in [-0.2, -0.15) is 0 Å². The molecule has 7 heteroatoms. The molecule has 0 saturated carbocycles. The van der Waals surface area contributed by atoms with Gasteiger partial charge in [0, 0.05) is 13.0 Å². The molecule has 2 heterocycles. The molecule has 0 amide bonds. The highest BCUT2D eigenvalue weighted by Gasteiger charge is 2.16. The number of ether oxygens (including phenoxy) is 3. The molecule has 0 radical (unpaired) electrons. The summed E-state index contributed by atoms with van der Waals surface area (Å²) in [6, 6.07) is 3.88. The molecule has 1 N–H and O–H groups in total. The summed E-state index contributed by atoms with van der Waals surface area (Å²) in [5.41, 5.74) is 2.20. The molecule has 3 rings (SSSR count). The maximum absolute atomic E-state index is 5.45. The predicted molar refractivity (Wildman–Crippen MR) is 110 cm³/mol. The zero-order chi connectivity index (χ0) is 19.4. The van der Waals surface area contributed by atoms with Gasteiger partial charge in [0.2, 0.25) is 5.75 Å². The van der Waals surface area contributed by atoms with E-state index in [4.69, 9.17) is 24.2 Å². The summed E-state index contributed by atoms with van der Waals surface area (Å²) in [7, 11) is 4.83. The van der Waals surface area contributed by atoms with E-state index in [1.165, 1.54) is 5.56 Å². The Morgan fingerprint density at radius 3 is 2.33 bits per heavy atom. The van der Waals surface area contributed by atoms with Gasteiger partial charge in [-0.1, -0.05) is 6.92 Å². The second-order valence-corrected chi connectivity index (χ2v) is 7.08. The molecule has 6 nitrogen and oxygen atoms in total. The Morgan fingerprint density at radius 1 is 1.04 bits per heavy atom. The number of benzene rings is 1. The number of methoxy groups -OCH3 is 3. The standard InChI is InChI=1S/C20H25N3O3S/c1-6-7-21-19-17-12(2)11-27-20(17)23-16(22-19)10-13-8-14(24-3)18(26-5)15(9-13)25-4/h8-9,11H,6-7,10H2,1-5H3,(H,21,22,23). The average Bonchev–Trinajstić information content (AvgIpc) is 3.06. The molecule has 0 aliphatic carbocycles. The minimum absolute atomic E-state index is 0.574. The molecule has 0 spiro atoms. The van der Waals surface area contributed by atoms with E-state index in [0.717, 1.165) is 40.4 Å². The Morgan fingerprint density at radius 2 is 1.74 bits per heavy atom. The fourth-order valence-corrected chi connectivity index (χ4v) is 3.94. The van der Waals surface area contributed by atoms with Crippen LogP contribution in [0, 0.1) is 6.92 Å². The van der Waals surface area contributed by atoms with Gasteiger partial charge in [-0.3, -0.25) is 0 Å². The van der Waals surface area contributed by atoms with Gasteiger partial charge in [-0.05, 0) is 42.0 Å². The van der Waals surface area contributed by atoms with Crippen LogP contribution in [0.25, 0.3) is 10.2 Å². The first-order valence-electron chi connectivity index (χ1n) is 8.88. The van der Waals surface area contributed by atoms with Crippen molar-refractivity contribution in [2.24, 2.45) is 0 Å². The van der Waals surface area contributed by atoms with E-state index in [-0.39, 0.29) is 0 Å². The number of thiophene rings is 1. The van der Waals surface area contributed by atoms with E-state index in [9.17, 15) is 0 Å². The van der Waals surface area contributed by atoms with Gasteiger partial charge in [0.25, 0.3) is 0 Å². The van der Waals surface area contributed by atoms with E-state index in [2.05, 4.69) is 24.5 Å². The van der Waals surface area contributed by atoms with Crippen LogP contribution in [-0.2, 0) is 6.42 Å². The van der Waals surface area contributed by atoms with Gasteiger partial charge in [-0.15, -0.1) is 11.3 Å². The largest absolute Gasteiger partial charge is 0.493 e. The highest BCUT2D eigenvalue weighted by molar-refractivity contribution is 7.17. The van der Waals surface area contributed by atoms with Crippen LogP contribution in [0.3, 0.4) is 0 Å². The quantitative estimate of drug-likeness (QED) is 0.616. The maximum Gasteiger partial charge on any atom is 0.203 e. The van der Waals surface area contributed by atoms with E-state index in [0.29, 0.717) is 23.7 Å². The third-order valence-electron chi connectivity index (χ3n) is 4.29. The number of aryl methyl sites for hydroxylation is 1. The lowest BCUT2D eigenvalue weighted by Crippen LogP contribution is -2.06. The topological polar surface area (TPSA) is 65.5 Å². The molecular weight excluding hydrogens is 362 g/mol. The monoisotopic (exact) mass is 387 g/mol. The zero-order valence-corrected chi connectivity index (χ0v) is 17.2. The highest BCUT2D eigenvalue weighted by atomic mass is 32.1.